The van der Waals surface area contributed by atoms with Crippen molar-refractivity contribution in [1.29, 1.82) is 0 Å². The third-order valence-corrected chi connectivity index (χ3v) is 5.01. The molecule has 0 aliphatic heterocycles. The zero-order valence-electron chi connectivity index (χ0n) is 17.4. The van der Waals surface area contributed by atoms with Crippen LogP contribution in [-0.4, -0.2) is 35.5 Å². The van der Waals surface area contributed by atoms with Gasteiger partial charge in [0.25, 0.3) is 0 Å². The van der Waals surface area contributed by atoms with Crippen molar-refractivity contribution in [3.8, 4) is 11.3 Å². The van der Waals surface area contributed by atoms with E-state index >= 15 is 0 Å². The first-order chi connectivity index (χ1) is 14.5. The monoisotopic (exact) mass is 447 g/mol. The quantitative estimate of drug-likeness (QED) is 0.596. The Morgan fingerprint density at radius 3 is 2.65 bits per heavy atom. The SMILES string of the molecule is Cc1nc(-c2cnn(C)c2NC(=O)O[C@H](C)c2cccc(F)c2)ccc1NS(C)(=O)=O. The van der Waals surface area contributed by atoms with Crippen molar-refractivity contribution >= 4 is 27.6 Å². The van der Waals surface area contributed by atoms with Gasteiger partial charge in [0.05, 0.1) is 35.1 Å². The molecule has 2 N–H and O–H groups in total. The Morgan fingerprint density at radius 2 is 2.00 bits per heavy atom. The highest BCUT2D eigenvalue weighted by molar-refractivity contribution is 7.92. The minimum absolute atomic E-state index is 0.340. The number of carbonyl (C=O) groups is 1. The maximum Gasteiger partial charge on any atom is 0.413 e. The number of nitrogens with zero attached hydrogens (tertiary/aromatic N) is 3. The summed E-state index contributed by atoms with van der Waals surface area (Å²) >= 11 is 0. The molecule has 0 bridgehead atoms. The number of anilines is 2. The normalized spacial score (nSPS) is 12.3. The number of pyridine rings is 1. The van der Waals surface area contributed by atoms with Crippen LogP contribution in [0.4, 0.5) is 20.7 Å². The van der Waals surface area contributed by atoms with Gasteiger partial charge in [-0.05, 0) is 43.7 Å². The number of halogens is 1. The lowest BCUT2D eigenvalue weighted by atomic mass is 10.1. The van der Waals surface area contributed by atoms with E-state index in [1.807, 2.05) is 0 Å². The van der Waals surface area contributed by atoms with Crippen LogP contribution in [-0.2, 0) is 21.8 Å². The molecule has 11 heteroatoms. The molecule has 1 atom stereocenters. The molecule has 0 radical (unpaired) electrons. The van der Waals surface area contributed by atoms with Gasteiger partial charge >= 0.3 is 6.09 Å². The van der Waals surface area contributed by atoms with Crippen molar-refractivity contribution < 1.29 is 22.3 Å². The number of benzene rings is 1. The fraction of sp³-hybridized carbons (Fsp3) is 0.250. The number of nitrogens with one attached hydrogen (secondary N) is 2. The van der Waals surface area contributed by atoms with E-state index in [2.05, 4.69) is 20.1 Å². The third kappa shape index (κ3) is 5.57. The summed E-state index contributed by atoms with van der Waals surface area (Å²) in [5.74, 6) is -0.0790. The Bertz CT molecular complexity index is 1230. The van der Waals surface area contributed by atoms with Gasteiger partial charge in [0, 0.05) is 7.05 Å². The van der Waals surface area contributed by atoms with Crippen LogP contribution in [0.3, 0.4) is 0 Å². The molecule has 31 heavy (non-hydrogen) atoms. The molecular formula is C20H22FN5O4S. The lowest BCUT2D eigenvalue weighted by Gasteiger charge is -2.15. The number of amides is 1. The van der Waals surface area contributed by atoms with E-state index in [0.29, 0.717) is 34.0 Å². The number of rotatable bonds is 6. The highest BCUT2D eigenvalue weighted by atomic mass is 32.2. The number of ether oxygens (including phenoxy) is 1. The van der Waals surface area contributed by atoms with Gasteiger partial charge in [0.15, 0.2) is 0 Å². The van der Waals surface area contributed by atoms with Gasteiger partial charge in [-0.25, -0.2) is 17.6 Å². The standard InChI is InChI=1S/C20H22FN5O4S/c1-12-17(25-31(4,28)29)8-9-18(23-12)16-11-22-26(3)19(16)24-20(27)30-13(2)14-6-5-7-15(21)10-14/h5-11,13,25H,1-4H3,(H,24,27)/t13-/m1/s1. The summed E-state index contributed by atoms with van der Waals surface area (Å²) < 4.78 is 45.5. The Hall–Kier alpha value is -3.47. The lowest BCUT2D eigenvalue weighted by Crippen LogP contribution is -2.18. The van der Waals surface area contributed by atoms with E-state index in [0.717, 1.165) is 6.26 Å². The molecule has 0 saturated carbocycles. The summed E-state index contributed by atoms with van der Waals surface area (Å²) in [6, 6.07) is 9.01. The maximum absolute atomic E-state index is 13.4. The van der Waals surface area contributed by atoms with E-state index in [-0.39, 0.29) is 0 Å². The van der Waals surface area contributed by atoms with Gasteiger partial charge < -0.3 is 4.74 Å². The minimum atomic E-state index is -3.44. The van der Waals surface area contributed by atoms with Crippen LogP contribution in [0, 0.1) is 12.7 Å². The third-order valence-electron chi connectivity index (χ3n) is 4.42. The average Bonchev–Trinajstić information content (AvgIpc) is 3.02. The van der Waals surface area contributed by atoms with E-state index in [4.69, 9.17) is 4.74 Å². The average molecular weight is 447 g/mol. The van der Waals surface area contributed by atoms with Crippen LogP contribution < -0.4 is 10.0 Å². The second-order valence-corrected chi connectivity index (χ2v) is 8.71. The van der Waals surface area contributed by atoms with E-state index < -0.39 is 28.0 Å². The Kier molecular flexibility index (Phi) is 6.25. The number of carbonyl (C=O) groups excluding carboxylic acids is 1. The maximum atomic E-state index is 13.4. The molecule has 164 valence electrons. The fourth-order valence-electron chi connectivity index (χ4n) is 2.91. The molecule has 1 aromatic carbocycles. The summed E-state index contributed by atoms with van der Waals surface area (Å²) in [7, 11) is -1.80. The van der Waals surface area contributed by atoms with Crippen molar-refractivity contribution in [3.05, 3.63) is 59.7 Å². The van der Waals surface area contributed by atoms with Crippen molar-refractivity contribution in [1.82, 2.24) is 14.8 Å². The topological polar surface area (TPSA) is 115 Å². The van der Waals surface area contributed by atoms with Crippen LogP contribution in [0.1, 0.15) is 24.3 Å². The molecule has 9 nitrogen and oxygen atoms in total. The molecule has 0 aliphatic carbocycles. The molecule has 0 fully saturated rings. The number of sulfonamides is 1. The number of hydrogen-bond donors (Lipinski definition) is 2. The summed E-state index contributed by atoms with van der Waals surface area (Å²) in [6.45, 7) is 3.30. The van der Waals surface area contributed by atoms with E-state index in [9.17, 15) is 17.6 Å². The first-order valence-corrected chi connectivity index (χ1v) is 11.1. The molecule has 2 aromatic heterocycles. The molecular weight excluding hydrogens is 425 g/mol. The minimum Gasteiger partial charge on any atom is -0.441 e. The first kappa shape index (κ1) is 22.2. The smallest absolute Gasteiger partial charge is 0.413 e. The van der Waals surface area contributed by atoms with Gasteiger partial charge in [-0.15, -0.1) is 0 Å². The molecule has 0 spiro atoms. The second kappa shape index (κ2) is 8.72. The number of aryl methyl sites for hydroxylation is 2. The molecule has 1 amide bonds. The van der Waals surface area contributed by atoms with Gasteiger partial charge in [-0.2, -0.15) is 5.10 Å². The van der Waals surface area contributed by atoms with Crippen molar-refractivity contribution in [3.63, 3.8) is 0 Å². The van der Waals surface area contributed by atoms with Crippen LogP contribution in [0.2, 0.25) is 0 Å². The van der Waals surface area contributed by atoms with Gasteiger partial charge in [-0.1, -0.05) is 12.1 Å². The molecule has 0 unspecified atom stereocenters. The summed E-state index contributed by atoms with van der Waals surface area (Å²) in [4.78, 5) is 16.8. The molecule has 0 saturated heterocycles. The fourth-order valence-corrected chi connectivity index (χ4v) is 3.52. The molecule has 0 aliphatic rings. The molecule has 3 rings (SSSR count). The summed E-state index contributed by atoms with van der Waals surface area (Å²) in [5, 5.41) is 6.79. The second-order valence-electron chi connectivity index (χ2n) is 6.96. The Morgan fingerprint density at radius 1 is 1.26 bits per heavy atom. The predicted molar refractivity (Wildman–Crippen MR) is 115 cm³/mol. The Labute approximate surface area is 179 Å². The molecule has 3 aromatic rings. The number of aromatic nitrogens is 3. The van der Waals surface area contributed by atoms with Crippen LogP contribution in [0.15, 0.2) is 42.6 Å². The highest BCUT2D eigenvalue weighted by Crippen LogP contribution is 2.29. The van der Waals surface area contributed by atoms with E-state index in [1.165, 1.54) is 29.1 Å². The van der Waals surface area contributed by atoms with E-state index in [1.54, 1.807) is 39.1 Å². The van der Waals surface area contributed by atoms with Crippen LogP contribution in [0.25, 0.3) is 11.3 Å². The Balaban J connectivity index is 1.79. The predicted octanol–water partition coefficient (Wildman–Crippen LogP) is 3.61. The molecule has 2 heterocycles. The van der Waals surface area contributed by atoms with Crippen LogP contribution in [0.5, 0.6) is 0 Å². The van der Waals surface area contributed by atoms with Gasteiger partial charge in [-0.3, -0.25) is 19.7 Å². The lowest BCUT2D eigenvalue weighted by molar-refractivity contribution is 0.121. The first-order valence-electron chi connectivity index (χ1n) is 9.24. The summed E-state index contributed by atoms with van der Waals surface area (Å²) in [6.07, 6.45) is 1.17. The van der Waals surface area contributed by atoms with Crippen molar-refractivity contribution in [2.45, 2.75) is 20.0 Å². The largest absolute Gasteiger partial charge is 0.441 e. The summed E-state index contributed by atoms with van der Waals surface area (Å²) in [5.41, 5.74) is 2.34. The van der Waals surface area contributed by atoms with Gasteiger partial charge in [0.1, 0.15) is 17.7 Å². The van der Waals surface area contributed by atoms with Crippen molar-refractivity contribution in [2.24, 2.45) is 7.05 Å². The number of hydrogen-bond acceptors (Lipinski definition) is 6. The van der Waals surface area contributed by atoms with Gasteiger partial charge in [0.2, 0.25) is 10.0 Å². The zero-order valence-corrected chi connectivity index (χ0v) is 18.2. The van der Waals surface area contributed by atoms with Crippen molar-refractivity contribution in [2.75, 3.05) is 16.3 Å². The van der Waals surface area contributed by atoms with Crippen LogP contribution >= 0.6 is 0 Å². The highest BCUT2D eigenvalue weighted by Gasteiger charge is 2.19. The zero-order chi connectivity index (χ0) is 22.8.